The lowest BCUT2D eigenvalue weighted by Gasteiger charge is -2.45. The van der Waals surface area contributed by atoms with E-state index in [1.54, 1.807) is 18.2 Å². The van der Waals surface area contributed by atoms with Gasteiger partial charge < -0.3 is 10.2 Å². The van der Waals surface area contributed by atoms with E-state index in [9.17, 15) is 18.0 Å². The normalized spacial score (nSPS) is 20.5. The first kappa shape index (κ1) is 23.8. The number of carbonyl (C=O) groups is 2. The summed E-state index contributed by atoms with van der Waals surface area (Å²) in [5, 5.41) is 2.91. The number of rotatable bonds is 6. The summed E-state index contributed by atoms with van der Waals surface area (Å²) < 4.78 is 28.0. The molecule has 0 aliphatic carbocycles. The number of fused-ring (bicyclic) bond motifs is 3. The van der Waals surface area contributed by atoms with Crippen LogP contribution in [0.5, 0.6) is 0 Å². The van der Waals surface area contributed by atoms with E-state index in [0.717, 1.165) is 55.5 Å². The van der Waals surface area contributed by atoms with Gasteiger partial charge in [0.1, 0.15) is 12.6 Å². The minimum Gasteiger partial charge on any atom is -0.358 e. The van der Waals surface area contributed by atoms with Crippen molar-refractivity contribution in [1.29, 1.82) is 0 Å². The molecule has 8 nitrogen and oxygen atoms in total. The van der Waals surface area contributed by atoms with Gasteiger partial charge in [-0.15, -0.1) is 0 Å². The van der Waals surface area contributed by atoms with E-state index in [2.05, 4.69) is 10.2 Å². The second-order valence-electron chi connectivity index (χ2n) is 9.65. The Hall–Kier alpha value is -2.91. The maximum atomic E-state index is 13.5. The van der Waals surface area contributed by atoms with E-state index in [0.29, 0.717) is 25.3 Å². The zero-order chi connectivity index (χ0) is 24.6. The Morgan fingerprint density at radius 1 is 0.971 bits per heavy atom. The number of aryl methyl sites for hydroxylation is 1. The summed E-state index contributed by atoms with van der Waals surface area (Å²) in [4.78, 5) is 30.2. The second-order valence-corrected chi connectivity index (χ2v) is 11.6. The van der Waals surface area contributed by atoms with Crippen molar-refractivity contribution in [1.82, 2.24) is 9.62 Å². The molecule has 1 atom stereocenters. The largest absolute Gasteiger partial charge is 0.358 e. The summed E-state index contributed by atoms with van der Waals surface area (Å²) in [6.45, 7) is 4.00. The molecule has 0 bridgehead atoms. The molecule has 35 heavy (non-hydrogen) atoms. The molecule has 0 aromatic heterocycles. The first-order chi connectivity index (χ1) is 16.8. The van der Waals surface area contributed by atoms with Crippen molar-refractivity contribution in [3.8, 4) is 0 Å². The van der Waals surface area contributed by atoms with Gasteiger partial charge in [0.05, 0.1) is 16.3 Å². The van der Waals surface area contributed by atoms with Crippen molar-refractivity contribution in [3.63, 3.8) is 0 Å². The number of anilines is 2. The summed E-state index contributed by atoms with van der Waals surface area (Å²) in [7, 11) is -3.64. The molecular weight excluding hydrogens is 464 g/mol. The first-order valence-electron chi connectivity index (χ1n) is 12.4. The minimum absolute atomic E-state index is 0.140. The van der Waals surface area contributed by atoms with E-state index in [1.165, 1.54) is 9.21 Å². The standard InChI is InChI=1S/C26H32N4O4S/c1-19-7-9-20(10-8-19)17-27-25(31)18-30-24-16-21(35(33,34)28-13-4-5-14-28)11-12-22(24)29-15-3-2-6-23(29)26(30)32/h7-12,16,23H,2-6,13-15,17-18H2,1H3,(H,27,31)/t23-/m1/s1. The Kier molecular flexibility index (Phi) is 6.55. The topological polar surface area (TPSA) is 90.0 Å². The summed E-state index contributed by atoms with van der Waals surface area (Å²) >= 11 is 0. The van der Waals surface area contributed by atoms with Crippen LogP contribution in [0.1, 0.15) is 43.2 Å². The zero-order valence-corrected chi connectivity index (χ0v) is 20.9. The molecule has 3 aliphatic heterocycles. The van der Waals surface area contributed by atoms with Gasteiger partial charge in [-0.1, -0.05) is 29.8 Å². The highest BCUT2D eigenvalue weighted by molar-refractivity contribution is 7.89. The molecule has 2 fully saturated rings. The highest BCUT2D eigenvalue weighted by Gasteiger charge is 2.41. The fourth-order valence-electron chi connectivity index (χ4n) is 5.24. The Labute approximate surface area is 206 Å². The zero-order valence-electron chi connectivity index (χ0n) is 20.1. The van der Waals surface area contributed by atoms with Crippen LogP contribution in [0.15, 0.2) is 47.4 Å². The van der Waals surface area contributed by atoms with Gasteiger partial charge in [0.2, 0.25) is 21.8 Å². The van der Waals surface area contributed by atoms with Crippen LogP contribution in [0.3, 0.4) is 0 Å². The van der Waals surface area contributed by atoms with E-state index < -0.39 is 10.0 Å². The number of hydrogen-bond donors (Lipinski definition) is 1. The van der Waals surface area contributed by atoms with Gasteiger partial charge in [0.15, 0.2) is 0 Å². The average molecular weight is 497 g/mol. The summed E-state index contributed by atoms with van der Waals surface area (Å²) in [6, 6.07) is 12.6. The molecule has 0 unspecified atom stereocenters. The summed E-state index contributed by atoms with van der Waals surface area (Å²) in [6.07, 6.45) is 4.37. The molecule has 2 saturated heterocycles. The Morgan fingerprint density at radius 2 is 1.69 bits per heavy atom. The maximum absolute atomic E-state index is 13.5. The second kappa shape index (κ2) is 9.62. The van der Waals surface area contributed by atoms with Gasteiger partial charge in [0, 0.05) is 26.2 Å². The van der Waals surface area contributed by atoms with Crippen molar-refractivity contribution in [2.75, 3.05) is 36.0 Å². The monoisotopic (exact) mass is 496 g/mol. The van der Waals surface area contributed by atoms with E-state index >= 15 is 0 Å². The highest BCUT2D eigenvalue weighted by Crippen LogP contribution is 2.41. The molecular formula is C26H32N4O4S. The average Bonchev–Trinajstić information content (AvgIpc) is 3.42. The van der Waals surface area contributed by atoms with Crippen molar-refractivity contribution in [3.05, 3.63) is 53.6 Å². The van der Waals surface area contributed by atoms with Crippen LogP contribution >= 0.6 is 0 Å². The maximum Gasteiger partial charge on any atom is 0.250 e. The van der Waals surface area contributed by atoms with Gasteiger partial charge in [0.25, 0.3) is 0 Å². The van der Waals surface area contributed by atoms with Gasteiger partial charge in [-0.2, -0.15) is 4.31 Å². The van der Waals surface area contributed by atoms with Crippen LogP contribution in [0.25, 0.3) is 0 Å². The Balaban J connectivity index is 1.43. The first-order valence-corrected chi connectivity index (χ1v) is 13.8. The molecule has 9 heteroatoms. The number of piperidine rings is 1. The summed E-state index contributed by atoms with van der Waals surface area (Å²) in [5.41, 5.74) is 3.44. The van der Waals surface area contributed by atoms with Crippen LogP contribution in [-0.4, -0.2) is 56.8 Å². The van der Waals surface area contributed by atoms with Crippen LogP contribution in [0, 0.1) is 6.92 Å². The Bertz CT molecular complexity index is 1220. The van der Waals surface area contributed by atoms with Crippen molar-refractivity contribution < 1.29 is 18.0 Å². The van der Waals surface area contributed by atoms with Crippen LogP contribution < -0.4 is 15.1 Å². The molecule has 0 saturated carbocycles. The number of amides is 2. The van der Waals surface area contributed by atoms with E-state index in [1.807, 2.05) is 31.2 Å². The summed E-state index contributed by atoms with van der Waals surface area (Å²) in [5.74, 6) is -0.416. The lowest BCUT2D eigenvalue weighted by atomic mass is 9.96. The third kappa shape index (κ3) is 4.67. The molecule has 2 aromatic rings. The molecule has 0 radical (unpaired) electrons. The van der Waals surface area contributed by atoms with Crippen LogP contribution in [0.2, 0.25) is 0 Å². The van der Waals surface area contributed by atoms with Crippen molar-refractivity contribution >= 4 is 33.2 Å². The number of hydrogen-bond acceptors (Lipinski definition) is 5. The lowest BCUT2D eigenvalue weighted by Crippen LogP contribution is -2.57. The molecule has 2 amide bonds. The predicted octanol–water partition coefficient (Wildman–Crippen LogP) is 2.80. The number of benzene rings is 2. The molecule has 3 aliphatic rings. The Morgan fingerprint density at radius 3 is 2.43 bits per heavy atom. The van der Waals surface area contributed by atoms with Gasteiger partial charge >= 0.3 is 0 Å². The van der Waals surface area contributed by atoms with Crippen molar-refractivity contribution in [2.45, 2.75) is 56.5 Å². The highest BCUT2D eigenvalue weighted by atomic mass is 32.2. The smallest absolute Gasteiger partial charge is 0.250 e. The molecule has 3 heterocycles. The molecule has 186 valence electrons. The fraction of sp³-hybridized carbons (Fsp3) is 0.462. The number of carbonyl (C=O) groups excluding carboxylic acids is 2. The molecule has 5 rings (SSSR count). The molecule has 0 spiro atoms. The van der Waals surface area contributed by atoms with Gasteiger partial charge in [-0.25, -0.2) is 8.42 Å². The SMILES string of the molecule is Cc1ccc(CNC(=O)CN2C(=O)[C@H]3CCCCN3c3ccc(S(=O)(=O)N4CCCC4)cc32)cc1. The quantitative estimate of drug-likeness (QED) is 0.664. The fourth-order valence-corrected chi connectivity index (χ4v) is 6.78. The van der Waals surface area contributed by atoms with Crippen LogP contribution in [0.4, 0.5) is 11.4 Å². The minimum atomic E-state index is -3.64. The van der Waals surface area contributed by atoms with Gasteiger partial charge in [-0.3, -0.25) is 14.5 Å². The number of nitrogens with one attached hydrogen (secondary N) is 1. The van der Waals surface area contributed by atoms with Crippen LogP contribution in [-0.2, 0) is 26.2 Å². The lowest BCUT2D eigenvalue weighted by molar-refractivity contribution is -0.125. The number of sulfonamides is 1. The van der Waals surface area contributed by atoms with Crippen molar-refractivity contribution in [2.24, 2.45) is 0 Å². The van der Waals surface area contributed by atoms with E-state index in [4.69, 9.17) is 0 Å². The van der Waals surface area contributed by atoms with E-state index in [-0.39, 0.29) is 29.3 Å². The third-order valence-electron chi connectivity index (χ3n) is 7.22. The predicted molar refractivity (Wildman–Crippen MR) is 135 cm³/mol. The number of nitrogens with zero attached hydrogens (tertiary/aromatic N) is 3. The van der Waals surface area contributed by atoms with Gasteiger partial charge in [-0.05, 0) is 62.8 Å². The third-order valence-corrected chi connectivity index (χ3v) is 9.11. The molecule has 1 N–H and O–H groups in total. The molecule has 2 aromatic carbocycles.